The maximum atomic E-state index is 12.3. The molecule has 0 N–H and O–H groups in total. The van der Waals surface area contributed by atoms with Crippen LogP contribution in [0, 0.1) is 13.8 Å². The van der Waals surface area contributed by atoms with Crippen molar-refractivity contribution >= 4 is 17.2 Å². The van der Waals surface area contributed by atoms with Crippen molar-refractivity contribution in [3.05, 3.63) is 45.7 Å². The summed E-state index contributed by atoms with van der Waals surface area (Å²) in [6.45, 7) is 5.98. The minimum absolute atomic E-state index is 0.0329. The zero-order valence-corrected chi connectivity index (χ0v) is 13.1. The predicted molar refractivity (Wildman–Crippen MR) is 81.1 cm³/mol. The molecule has 0 bridgehead atoms. The Kier molecular flexibility index (Phi) is 4.49. The highest BCUT2D eigenvalue weighted by atomic mass is 32.1. The van der Waals surface area contributed by atoms with Crippen molar-refractivity contribution in [1.82, 2.24) is 14.9 Å². The second-order valence-electron chi connectivity index (χ2n) is 5.05. The summed E-state index contributed by atoms with van der Waals surface area (Å²) in [6.07, 6.45) is 2.55. The van der Waals surface area contributed by atoms with Gasteiger partial charge in [-0.2, -0.15) is 0 Å². The van der Waals surface area contributed by atoms with Gasteiger partial charge in [0.1, 0.15) is 5.69 Å². The van der Waals surface area contributed by atoms with Crippen LogP contribution in [0.1, 0.15) is 33.7 Å². The summed E-state index contributed by atoms with van der Waals surface area (Å²) < 4.78 is 0. The maximum Gasteiger partial charge on any atom is 0.273 e. The van der Waals surface area contributed by atoms with E-state index < -0.39 is 0 Å². The van der Waals surface area contributed by atoms with E-state index in [-0.39, 0.29) is 11.9 Å². The molecule has 0 aliphatic heterocycles. The Hall–Kier alpha value is -1.75. The number of rotatable bonds is 4. The highest BCUT2D eigenvalue weighted by Gasteiger charge is 2.20. The van der Waals surface area contributed by atoms with Gasteiger partial charge in [-0.05, 0) is 38.5 Å². The molecule has 20 heavy (non-hydrogen) atoms. The Morgan fingerprint density at radius 1 is 1.45 bits per heavy atom. The Morgan fingerprint density at radius 2 is 2.20 bits per heavy atom. The first kappa shape index (κ1) is 14.7. The SMILES string of the molecule is Cc1ccnc(CC(C)N(C)C(=O)c2csc(C)n2)c1. The van der Waals surface area contributed by atoms with E-state index in [1.165, 1.54) is 16.9 Å². The van der Waals surface area contributed by atoms with Gasteiger partial charge in [0.15, 0.2) is 0 Å². The Morgan fingerprint density at radius 3 is 2.80 bits per heavy atom. The van der Waals surface area contributed by atoms with Crippen LogP contribution in [0.25, 0.3) is 0 Å². The van der Waals surface area contributed by atoms with Crippen LogP contribution in [0.4, 0.5) is 0 Å². The molecule has 5 heteroatoms. The summed E-state index contributed by atoms with van der Waals surface area (Å²) in [6, 6.07) is 4.11. The van der Waals surface area contributed by atoms with Crippen molar-refractivity contribution in [3.63, 3.8) is 0 Å². The van der Waals surface area contributed by atoms with Crippen LogP contribution in [0.5, 0.6) is 0 Å². The average molecular weight is 289 g/mol. The molecule has 0 fully saturated rings. The molecule has 4 nitrogen and oxygen atoms in total. The van der Waals surface area contributed by atoms with Gasteiger partial charge >= 0.3 is 0 Å². The van der Waals surface area contributed by atoms with Crippen LogP contribution in [-0.2, 0) is 6.42 Å². The highest BCUT2D eigenvalue weighted by Crippen LogP contribution is 2.13. The minimum Gasteiger partial charge on any atom is -0.337 e. The van der Waals surface area contributed by atoms with E-state index in [1.54, 1.807) is 4.90 Å². The smallest absolute Gasteiger partial charge is 0.273 e. The molecule has 1 atom stereocenters. The lowest BCUT2D eigenvalue weighted by molar-refractivity contribution is 0.0737. The van der Waals surface area contributed by atoms with E-state index in [4.69, 9.17) is 0 Å². The van der Waals surface area contributed by atoms with Crippen molar-refractivity contribution in [2.45, 2.75) is 33.2 Å². The number of aromatic nitrogens is 2. The summed E-state index contributed by atoms with van der Waals surface area (Å²) in [4.78, 5) is 22.6. The van der Waals surface area contributed by atoms with E-state index in [1.807, 2.05) is 45.5 Å². The van der Waals surface area contributed by atoms with Gasteiger partial charge in [0, 0.05) is 36.8 Å². The van der Waals surface area contributed by atoms with Gasteiger partial charge in [-0.1, -0.05) is 0 Å². The number of carbonyl (C=O) groups is 1. The fraction of sp³-hybridized carbons (Fsp3) is 0.400. The molecular weight excluding hydrogens is 270 g/mol. The number of amides is 1. The van der Waals surface area contributed by atoms with Gasteiger partial charge in [0.25, 0.3) is 5.91 Å². The third kappa shape index (κ3) is 3.42. The summed E-state index contributed by atoms with van der Waals surface area (Å²) in [5, 5.41) is 2.72. The Balaban J connectivity index is 2.05. The quantitative estimate of drug-likeness (QED) is 0.869. The van der Waals surface area contributed by atoms with Crippen molar-refractivity contribution in [2.24, 2.45) is 0 Å². The van der Waals surface area contributed by atoms with Crippen molar-refractivity contribution < 1.29 is 4.79 Å². The molecule has 0 saturated heterocycles. The lowest BCUT2D eigenvalue weighted by Crippen LogP contribution is -2.36. The summed E-state index contributed by atoms with van der Waals surface area (Å²) in [7, 11) is 1.82. The van der Waals surface area contributed by atoms with E-state index >= 15 is 0 Å². The Bertz CT molecular complexity index is 609. The normalized spacial score (nSPS) is 12.2. The topological polar surface area (TPSA) is 46.1 Å². The zero-order chi connectivity index (χ0) is 14.7. The third-order valence-corrected chi connectivity index (χ3v) is 4.07. The number of carbonyl (C=O) groups excluding carboxylic acids is 1. The molecule has 1 amide bonds. The molecule has 0 aliphatic rings. The minimum atomic E-state index is -0.0329. The first-order valence-corrected chi connectivity index (χ1v) is 7.46. The van der Waals surface area contributed by atoms with Crippen LogP contribution in [-0.4, -0.2) is 33.9 Å². The largest absolute Gasteiger partial charge is 0.337 e. The second kappa shape index (κ2) is 6.13. The van der Waals surface area contributed by atoms with E-state index in [0.717, 1.165) is 17.1 Å². The van der Waals surface area contributed by atoms with Crippen molar-refractivity contribution in [1.29, 1.82) is 0 Å². The molecule has 0 aliphatic carbocycles. The van der Waals surface area contributed by atoms with Crippen LogP contribution >= 0.6 is 11.3 Å². The molecule has 106 valence electrons. The number of likely N-dealkylation sites (N-methyl/N-ethyl adjacent to an activating group) is 1. The number of aryl methyl sites for hydroxylation is 2. The van der Waals surface area contributed by atoms with Gasteiger partial charge in [0.05, 0.1) is 5.01 Å². The summed E-state index contributed by atoms with van der Waals surface area (Å²) in [5.74, 6) is -0.0329. The molecule has 0 saturated carbocycles. The fourth-order valence-corrected chi connectivity index (χ4v) is 2.58. The predicted octanol–water partition coefficient (Wildman–Crippen LogP) is 2.86. The molecule has 2 rings (SSSR count). The second-order valence-corrected chi connectivity index (χ2v) is 6.11. The van der Waals surface area contributed by atoms with E-state index in [2.05, 4.69) is 16.0 Å². The fourth-order valence-electron chi connectivity index (χ4n) is 1.99. The van der Waals surface area contributed by atoms with E-state index in [0.29, 0.717) is 5.69 Å². The number of hydrogen-bond acceptors (Lipinski definition) is 4. The molecule has 2 aromatic heterocycles. The zero-order valence-electron chi connectivity index (χ0n) is 12.3. The van der Waals surface area contributed by atoms with Gasteiger partial charge in [-0.25, -0.2) is 4.98 Å². The number of nitrogens with zero attached hydrogens (tertiary/aromatic N) is 3. The van der Waals surface area contributed by atoms with Crippen LogP contribution in [0.3, 0.4) is 0 Å². The van der Waals surface area contributed by atoms with Crippen molar-refractivity contribution in [3.8, 4) is 0 Å². The molecule has 0 aromatic carbocycles. The molecule has 0 radical (unpaired) electrons. The van der Waals surface area contributed by atoms with Crippen LogP contribution in [0.2, 0.25) is 0 Å². The molecule has 0 spiro atoms. The maximum absolute atomic E-state index is 12.3. The lowest BCUT2D eigenvalue weighted by atomic mass is 10.1. The van der Waals surface area contributed by atoms with Crippen LogP contribution in [0.15, 0.2) is 23.7 Å². The highest BCUT2D eigenvalue weighted by molar-refractivity contribution is 7.09. The van der Waals surface area contributed by atoms with E-state index in [9.17, 15) is 4.79 Å². The summed E-state index contributed by atoms with van der Waals surface area (Å²) >= 11 is 1.50. The Labute approximate surface area is 123 Å². The molecule has 2 aromatic rings. The van der Waals surface area contributed by atoms with Gasteiger partial charge in [-0.3, -0.25) is 9.78 Å². The third-order valence-electron chi connectivity index (χ3n) is 3.30. The van der Waals surface area contributed by atoms with Crippen LogP contribution < -0.4 is 0 Å². The number of thiazole rings is 1. The number of pyridine rings is 1. The van der Waals surface area contributed by atoms with Gasteiger partial charge in [0.2, 0.25) is 0 Å². The monoisotopic (exact) mass is 289 g/mol. The molecule has 1 unspecified atom stereocenters. The average Bonchev–Trinajstić information content (AvgIpc) is 2.83. The summed E-state index contributed by atoms with van der Waals surface area (Å²) in [5.41, 5.74) is 2.72. The molecular formula is C15H19N3OS. The standard InChI is InChI=1S/C15H19N3OS/c1-10-5-6-16-13(7-10)8-11(2)18(4)15(19)14-9-20-12(3)17-14/h5-7,9,11H,8H2,1-4H3. The van der Waals surface area contributed by atoms with Crippen molar-refractivity contribution in [2.75, 3.05) is 7.05 Å². The molecule has 2 heterocycles. The van der Waals surface area contributed by atoms with Gasteiger partial charge in [-0.15, -0.1) is 11.3 Å². The lowest BCUT2D eigenvalue weighted by Gasteiger charge is -2.24. The van der Waals surface area contributed by atoms with Gasteiger partial charge < -0.3 is 4.90 Å². The first-order chi connectivity index (χ1) is 9.47. The first-order valence-electron chi connectivity index (χ1n) is 6.58. The number of hydrogen-bond donors (Lipinski definition) is 0.